The van der Waals surface area contributed by atoms with Crippen molar-refractivity contribution in [3.05, 3.63) is 0 Å². The van der Waals surface area contributed by atoms with E-state index in [4.69, 9.17) is 4.74 Å². The molecule has 2 N–H and O–H groups in total. The third-order valence-corrected chi connectivity index (χ3v) is 3.56. The molecule has 0 radical (unpaired) electrons. The summed E-state index contributed by atoms with van der Waals surface area (Å²) in [7, 11) is 0. The molecule has 2 aliphatic rings. The molecule has 4 heteroatoms. The fraction of sp³-hybridized carbons (Fsp3) is 1.00. The SMILES string of the molecule is CCC1COC(C)CN1C1CNCC1O. The lowest BCUT2D eigenvalue weighted by Gasteiger charge is -2.42. The van der Waals surface area contributed by atoms with Gasteiger partial charge in [0.2, 0.25) is 0 Å². The molecule has 0 aromatic carbocycles. The fourth-order valence-electron chi connectivity index (χ4n) is 2.62. The summed E-state index contributed by atoms with van der Waals surface area (Å²) in [6.45, 7) is 7.68. The predicted molar refractivity (Wildman–Crippen MR) is 58.9 cm³/mol. The number of nitrogens with one attached hydrogen (secondary N) is 1. The van der Waals surface area contributed by atoms with Gasteiger partial charge in [-0.3, -0.25) is 4.90 Å². The van der Waals surface area contributed by atoms with Gasteiger partial charge in [-0.05, 0) is 13.3 Å². The summed E-state index contributed by atoms with van der Waals surface area (Å²) in [6, 6.07) is 0.752. The first-order valence-electron chi connectivity index (χ1n) is 5.98. The van der Waals surface area contributed by atoms with Crippen molar-refractivity contribution in [1.29, 1.82) is 0 Å². The number of β-amino-alcohol motifs (C(OH)–C–C–N with tert-alkyl or cyclic N) is 1. The van der Waals surface area contributed by atoms with E-state index in [9.17, 15) is 5.11 Å². The monoisotopic (exact) mass is 214 g/mol. The van der Waals surface area contributed by atoms with Crippen LogP contribution in [-0.4, -0.2) is 60.5 Å². The molecule has 0 aliphatic carbocycles. The topological polar surface area (TPSA) is 44.7 Å². The van der Waals surface area contributed by atoms with Crippen LogP contribution in [0.4, 0.5) is 0 Å². The number of rotatable bonds is 2. The molecule has 0 bridgehead atoms. The van der Waals surface area contributed by atoms with Gasteiger partial charge in [0.1, 0.15) is 0 Å². The first kappa shape index (κ1) is 11.3. The van der Waals surface area contributed by atoms with E-state index >= 15 is 0 Å². The van der Waals surface area contributed by atoms with Crippen molar-refractivity contribution in [2.75, 3.05) is 26.2 Å². The van der Waals surface area contributed by atoms with Crippen LogP contribution in [0.1, 0.15) is 20.3 Å². The Labute approximate surface area is 91.6 Å². The first-order valence-corrected chi connectivity index (χ1v) is 5.98. The highest BCUT2D eigenvalue weighted by molar-refractivity contribution is 4.93. The molecule has 0 aromatic rings. The van der Waals surface area contributed by atoms with Crippen molar-refractivity contribution in [2.24, 2.45) is 0 Å². The summed E-state index contributed by atoms with van der Waals surface area (Å²) >= 11 is 0. The van der Waals surface area contributed by atoms with E-state index in [-0.39, 0.29) is 12.1 Å². The molecule has 2 aliphatic heterocycles. The molecule has 2 saturated heterocycles. The smallest absolute Gasteiger partial charge is 0.0832 e. The van der Waals surface area contributed by atoms with Crippen LogP contribution in [0.15, 0.2) is 0 Å². The Hall–Kier alpha value is -0.160. The molecule has 2 rings (SSSR count). The summed E-state index contributed by atoms with van der Waals surface area (Å²) < 4.78 is 5.66. The van der Waals surface area contributed by atoms with Crippen molar-refractivity contribution in [3.8, 4) is 0 Å². The van der Waals surface area contributed by atoms with Crippen LogP contribution >= 0.6 is 0 Å². The predicted octanol–water partition coefficient (Wildman–Crippen LogP) is -0.182. The molecular weight excluding hydrogens is 192 g/mol. The standard InChI is InChI=1S/C11H22N2O2/c1-3-9-7-15-8(2)6-13(9)10-4-12-5-11(10)14/h8-12,14H,3-7H2,1-2H3. The zero-order chi connectivity index (χ0) is 10.8. The van der Waals surface area contributed by atoms with E-state index in [2.05, 4.69) is 24.1 Å². The summed E-state index contributed by atoms with van der Waals surface area (Å²) in [5, 5.41) is 13.1. The molecule has 4 nitrogen and oxygen atoms in total. The van der Waals surface area contributed by atoms with Crippen LogP contribution in [0.3, 0.4) is 0 Å². The van der Waals surface area contributed by atoms with Gasteiger partial charge in [0.05, 0.1) is 18.8 Å². The highest BCUT2D eigenvalue weighted by Gasteiger charge is 2.37. The molecule has 4 atom stereocenters. The second kappa shape index (κ2) is 4.78. The zero-order valence-electron chi connectivity index (χ0n) is 9.65. The van der Waals surface area contributed by atoms with E-state index in [0.29, 0.717) is 12.1 Å². The number of hydrogen-bond donors (Lipinski definition) is 2. The Balaban J connectivity index is 2.02. The Morgan fingerprint density at radius 1 is 1.47 bits per heavy atom. The van der Waals surface area contributed by atoms with Gasteiger partial charge in [0.15, 0.2) is 0 Å². The van der Waals surface area contributed by atoms with Crippen molar-refractivity contribution in [2.45, 2.75) is 44.6 Å². The molecular formula is C11H22N2O2. The first-order chi connectivity index (χ1) is 7.22. The van der Waals surface area contributed by atoms with Crippen molar-refractivity contribution < 1.29 is 9.84 Å². The van der Waals surface area contributed by atoms with Gasteiger partial charge in [-0.15, -0.1) is 0 Å². The van der Waals surface area contributed by atoms with Crippen LogP contribution in [0.2, 0.25) is 0 Å². The average molecular weight is 214 g/mol. The van der Waals surface area contributed by atoms with Crippen LogP contribution in [0.5, 0.6) is 0 Å². The van der Waals surface area contributed by atoms with Crippen LogP contribution < -0.4 is 5.32 Å². The van der Waals surface area contributed by atoms with E-state index in [1.807, 2.05) is 0 Å². The third-order valence-electron chi connectivity index (χ3n) is 3.56. The molecule has 2 fully saturated rings. The summed E-state index contributed by atoms with van der Waals surface area (Å²) in [6.07, 6.45) is 1.17. The Morgan fingerprint density at radius 2 is 2.27 bits per heavy atom. The Bertz CT molecular complexity index is 213. The zero-order valence-corrected chi connectivity index (χ0v) is 9.65. The number of aliphatic hydroxyl groups excluding tert-OH is 1. The van der Waals surface area contributed by atoms with Gasteiger partial charge < -0.3 is 15.2 Å². The minimum Gasteiger partial charge on any atom is -0.390 e. The number of aliphatic hydroxyl groups is 1. The molecule has 4 unspecified atom stereocenters. The van der Waals surface area contributed by atoms with E-state index in [1.165, 1.54) is 0 Å². The van der Waals surface area contributed by atoms with Crippen molar-refractivity contribution >= 4 is 0 Å². The summed E-state index contributed by atoms with van der Waals surface area (Å²) in [5.41, 5.74) is 0. The largest absolute Gasteiger partial charge is 0.390 e. The maximum absolute atomic E-state index is 9.90. The van der Waals surface area contributed by atoms with Gasteiger partial charge in [-0.25, -0.2) is 0 Å². The normalized spacial score (nSPS) is 43.4. The quantitative estimate of drug-likeness (QED) is 0.669. The minimum absolute atomic E-state index is 0.218. The molecule has 88 valence electrons. The van der Waals surface area contributed by atoms with E-state index in [1.54, 1.807) is 0 Å². The Morgan fingerprint density at radius 3 is 2.87 bits per heavy atom. The molecule has 0 spiro atoms. The van der Waals surface area contributed by atoms with Crippen molar-refractivity contribution in [1.82, 2.24) is 10.2 Å². The number of ether oxygens (including phenoxy) is 1. The number of nitrogens with zero attached hydrogens (tertiary/aromatic N) is 1. The third kappa shape index (κ3) is 2.33. The van der Waals surface area contributed by atoms with Crippen molar-refractivity contribution in [3.63, 3.8) is 0 Å². The molecule has 0 amide bonds. The van der Waals surface area contributed by atoms with Gasteiger partial charge in [-0.1, -0.05) is 6.92 Å². The maximum atomic E-state index is 9.90. The lowest BCUT2D eigenvalue weighted by Crippen LogP contribution is -2.56. The van der Waals surface area contributed by atoms with Gasteiger partial charge >= 0.3 is 0 Å². The van der Waals surface area contributed by atoms with E-state index in [0.717, 1.165) is 32.7 Å². The van der Waals surface area contributed by atoms with Gasteiger partial charge in [-0.2, -0.15) is 0 Å². The summed E-state index contributed by atoms with van der Waals surface area (Å²) in [4.78, 5) is 2.43. The molecule has 0 saturated carbocycles. The fourth-order valence-corrected chi connectivity index (χ4v) is 2.62. The Kier molecular flexibility index (Phi) is 3.61. The highest BCUT2D eigenvalue weighted by Crippen LogP contribution is 2.20. The number of morpholine rings is 1. The van der Waals surface area contributed by atoms with Crippen LogP contribution in [-0.2, 0) is 4.74 Å². The molecule has 0 aromatic heterocycles. The maximum Gasteiger partial charge on any atom is 0.0832 e. The lowest BCUT2D eigenvalue weighted by molar-refractivity contribution is -0.0837. The van der Waals surface area contributed by atoms with Crippen LogP contribution in [0.25, 0.3) is 0 Å². The van der Waals surface area contributed by atoms with Gasteiger partial charge in [0.25, 0.3) is 0 Å². The average Bonchev–Trinajstić information content (AvgIpc) is 2.64. The van der Waals surface area contributed by atoms with E-state index < -0.39 is 0 Å². The second-order valence-corrected chi connectivity index (χ2v) is 4.70. The van der Waals surface area contributed by atoms with Crippen LogP contribution in [0, 0.1) is 0 Å². The molecule has 2 heterocycles. The molecule has 15 heavy (non-hydrogen) atoms. The minimum atomic E-state index is -0.218. The number of hydrogen-bond acceptors (Lipinski definition) is 4. The summed E-state index contributed by atoms with van der Waals surface area (Å²) in [5.74, 6) is 0. The lowest BCUT2D eigenvalue weighted by atomic mass is 10.1. The highest BCUT2D eigenvalue weighted by atomic mass is 16.5. The van der Waals surface area contributed by atoms with Gasteiger partial charge in [0, 0.05) is 31.7 Å². The second-order valence-electron chi connectivity index (χ2n) is 4.70.